The number of thioether (sulfide) groups is 1. The fraction of sp³-hybridized carbons (Fsp3) is 0.359. The molecule has 7 nitrogen and oxygen atoms in total. The van der Waals surface area contributed by atoms with E-state index in [1.54, 1.807) is 13.1 Å². The quantitative estimate of drug-likeness (QED) is 0.181. The van der Waals surface area contributed by atoms with E-state index in [-0.39, 0.29) is 52.2 Å². The van der Waals surface area contributed by atoms with Gasteiger partial charge in [-0.25, -0.2) is 8.78 Å². The van der Waals surface area contributed by atoms with E-state index in [1.807, 2.05) is 36.0 Å². The molecule has 1 aliphatic rings. The molecule has 10 heteroatoms. The Hall–Kier alpha value is -4.62. The van der Waals surface area contributed by atoms with Crippen LogP contribution in [0, 0.1) is 33.8 Å². The summed E-state index contributed by atoms with van der Waals surface area (Å²) in [5.74, 6) is 0.403. The average Bonchev–Trinajstić information content (AvgIpc) is 3.55. The van der Waals surface area contributed by atoms with Crippen LogP contribution in [-0.2, 0) is 22.4 Å². The van der Waals surface area contributed by atoms with Gasteiger partial charge in [0.15, 0.2) is 11.6 Å². The summed E-state index contributed by atoms with van der Waals surface area (Å²) in [5.41, 5.74) is 2.87. The van der Waals surface area contributed by atoms with E-state index in [1.165, 1.54) is 30.5 Å². The normalized spacial score (nSPS) is 18.3. The van der Waals surface area contributed by atoms with Crippen molar-refractivity contribution in [2.75, 3.05) is 18.1 Å². The van der Waals surface area contributed by atoms with Gasteiger partial charge in [-0.2, -0.15) is 17.0 Å². The zero-order valence-corrected chi connectivity index (χ0v) is 28.9. The summed E-state index contributed by atoms with van der Waals surface area (Å²) < 4.78 is 42.0. The zero-order valence-electron chi connectivity index (χ0n) is 28.1. The van der Waals surface area contributed by atoms with Crippen LogP contribution >= 0.6 is 11.8 Å². The number of carbonyl (C=O) groups is 1. The number of hydrogen-bond acceptors (Lipinski definition) is 7. The second kappa shape index (κ2) is 16.2. The van der Waals surface area contributed by atoms with Gasteiger partial charge < -0.3 is 19.8 Å². The summed E-state index contributed by atoms with van der Waals surface area (Å²) in [4.78, 5) is 15.1. The fourth-order valence-electron chi connectivity index (χ4n) is 6.12. The van der Waals surface area contributed by atoms with Crippen molar-refractivity contribution in [2.24, 2.45) is 5.41 Å². The Bertz CT molecular complexity index is 1890. The molecule has 1 unspecified atom stereocenters. The highest BCUT2D eigenvalue weighted by Crippen LogP contribution is 2.37. The van der Waals surface area contributed by atoms with E-state index in [0.717, 1.165) is 52.8 Å². The van der Waals surface area contributed by atoms with E-state index >= 15 is 8.78 Å². The number of hydrogen-bond donors (Lipinski definition) is 3. The van der Waals surface area contributed by atoms with Crippen molar-refractivity contribution in [1.29, 1.82) is 10.7 Å². The predicted octanol–water partition coefficient (Wildman–Crippen LogP) is 9.33. The first-order chi connectivity index (χ1) is 23.6. The number of rotatable bonds is 5. The second-order valence-corrected chi connectivity index (χ2v) is 14.1. The monoisotopic (exact) mass is 684 g/mol. The molecule has 4 aromatic rings. The Kier molecular flexibility index (Phi) is 11.8. The lowest BCUT2D eigenvalue weighted by atomic mass is 9.87. The van der Waals surface area contributed by atoms with Crippen molar-refractivity contribution in [3.63, 3.8) is 0 Å². The first-order valence-electron chi connectivity index (χ1n) is 16.6. The van der Waals surface area contributed by atoms with Gasteiger partial charge in [0, 0.05) is 46.9 Å². The summed E-state index contributed by atoms with van der Waals surface area (Å²) in [6, 6.07) is 17.0. The number of H-pyrrole nitrogens is 1. The van der Waals surface area contributed by atoms with Crippen LogP contribution in [0.1, 0.15) is 74.8 Å². The lowest BCUT2D eigenvalue weighted by Crippen LogP contribution is -2.20. The molecular formula is C39H42F2N4O3S. The Morgan fingerprint density at radius 2 is 2.00 bits per heavy atom. The van der Waals surface area contributed by atoms with Crippen LogP contribution in [0.25, 0.3) is 10.9 Å². The van der Waals surface area contributed by atoms with Crippen molar-refractivity contribution in [3.05, 3.63) is 106 Å². The van der Waals surface area contributed by atoms with Crippen LogP contribution in [0.15, 0.2) is 72.6 Å². The highest BCUT2D eigenvalue weighted by molar-refractivity contribution is 7.99. The summed E-state index contributed by atoms with van der Waals surface area (Å²) >= 11 is 1.82. The van der Waals surface area contributed by atoms with Crippen molar-refractivity contribution in [2.45, 2.75) is 65.3 Å². The van der Waals surface area contributed by atoms with Crippen LogP contribution in [0.3, 0.4) is 0 Å². The molecule has 0 radical (unpaired) electrons. The highest BCUT2D eigenvalue weighted by atomic mass is 32.2. The predicted molar refractivity (Wildman–Crippen MR) is 191 cm³/mol. The molecule has 0 fully saturated rings. The number of aryl methyl sites for hydroxylation is 2. The first kappa shape index (κ1) is 35.7. The number of ether oxygens (including phenoxy) is 2. The molecule has 0 saturated heterocycles. The number of carbonyl (C=O) groups excluding carboxylic acids is 1. The number of halogens is 2. The zero-order chi connectivity index (χ0) is 35.0. The van der Waals surface area contributed by atoms with Crippen LogP contribution in [0.4, 0.5) is 8.78 Å². The molecule has 1 aliphatic heterocycles. The van der Waals surface area contributed by atoms with Crippen molar-refractivity contribution < 1.29 is 23.0 Å². The Balaban J connectivity index is 1.49. The Morgan fingerprint density at radius 3 is 2.80 bits per heavy atom. The largest absolute Gasteiger partial charge is 0.466 e. The van der Waals surface area contributed by atoms with Crippen molar-refractivity contribution in [3.8, 4) is 17.6 Å². The van der Waals surface area contributed by atoms with Gasteiger partial charge in [-0.15, -0.1) is 0 Å². The molecule has 1 aromatic heterocycles. The number of fused-ring (bicyclic) bond motifs is 5. The van der Waals surface area contributed by atoms with E-state index < -0.39 is 11.6 Å². The van der Waals surface area contributed by atoms with Gasteiger partial charge in [-0.05, 0) is 84.9 Å². The van der Waals surface area contributed by atoms with Gasteiger partial charge in [-0.1, -0.05) is 44.5 Å². The van der Waals surface area contributed by atoms with Gasteiger partial charge in [-0.3, -0.25) is 10.2 Å². The molecule has 0 saturated carbocycles. The van der Waals surface area contributed by atoms with Crippen LogP contribution in [0.5, 0.6) is 11.5 Å². The van der Waals surface area contributed by atoms with E-state index in [0.29, 0.717) is 25.0 Å². The van der Waals surface area contributed by atoms with Gasteiger partial charge in [0.2, 0.25) is 0 Å². The number of allylic oxidation sites excluding steroid dienone is 1. The molecule has 2 bridgehead atoms. The first-order valence-corrected chi connectivity index (χ1v) is 17.8. The summed E-state index contributed by atoms with van der Waals surface area (Å²) in [5, 5.41) is 23.1. The Morgan fingerprint density at radius 1 is 1.16 bits per heavy atom. The molecule has 0 aliphatic carbocycles. The van der Waals surface area contributed by atoms with Crippen LogP contribution in [0.2, 0.25) is 0 Å². The molecule has 49 heavy (non-hydrogen) atoms. The highest BCUT2D eigenvalue weighted by Gasteiger charge is 2.23. The van der Waals surface area contributed by atoms with Gasteiger partial charge in [0.05, 0.1) is 23.9 Å². The van der Waals surface area contributed by atoms with Crippen molar-refractivity contribution in [1.82, 2.24) is 10.3 Å². The number of aromatic nitrogens is 1. The maximum Gasteiger partial charge on any atom is 0.306 e. The lowest BCUT2D eigenvalue weighted by Gasteiger charge is -2.26. The number of benzene rings is 3. The van der Waals surface area contributed by atoms with Crippen LogP contribution < -0.4 is 10.1 Å². The van der Waals surface area contributed by atoms with Crippen LogP contribution in [-0.4, -0.2) is 34.8 Å². The summed E-state index contributed by atoms with van der Waals surface area (Å²) in [7, 11) is 0. The third kappa shape index (κ3) is 9.09. The molecule has 5 rings (SSSR count). The minimum absolute atomic E-state index is 0.0246. The van der Waals surface area contributed by atoms with Gasteiger partial charge >= 0.3 is 5.97 Å². The Labute approximate surface area is 290 Å². The molecular weight excluding hydrogens is 643 g/mol. The smallest absolute Gasteiger partial charge is 0.306 e. The number of esters is 1. The van der Waals surface area contributed by atoms with Gasteiger partial charge in [0.25, 0.3) is 0 Å². The fourth-order valence-corrected chi connectivity index (χ4v) is 7.31. The topological polar surface area (TPSA) is 111 Å². The SMILES string of the molecule is CCOC(=O)CCc1cccc(C2CCCC(C)(C)CSCCc3c(c(F)cc4[nH]ccc34)Oc3ccc(F)c(c3)C(=N)/C(C#N)=C\N2)c1. The molecule has 3 aromatic carbocycles. The second-order valence-electron chi connectivity index (χ2n) is 13.0. The standard InChI is InChI=1S/C39H42F2N4O3S/c1-4-47-36(46)13-10-25-7-5-8-26(19-25)34-9-6-16-39(2,3)24-49-18-15-30-29-14-17-44-35(29)21-33(41)38(30)48-28-11-12-32(40)31(20-28)37(43)27(22-42)23-45-34/h5,7-8,11-12,14,17,19-21,23,34,43-45H,4,6,9-10,13,15-16,18,24H2,1-3H3/b27-23-,43-37?. The summed E-state index contributed by atoms with van der Waals surface area (Å²) in [6.45, 7) is 6.62. The average molecular weight is 685 g/mol. The van der Waals surface area contributed by atoms with E-state index in [9.17, 15) is 10.1 Å². The summed E-state index contributed by atoms with van der Waals surface area (Å²) in [6.07, 6.45) is 7.18. The number of nitrogens with one attached hydrogen (secondary N) is 3. The lowest BCUT2D eigenvalue weighted by molar-refractivity contribution is -0.143. The molecule has 256 valence electrons. The minimum atomic E-state index is -0.698. The van der Waals surface area contributed by atoms with Crippen molar-refractivity contribution >= 4 is 34.3 Å². The molecule has 3 N–H and O–H groups in total. The molecule has 1 atom stereocenters. The molecule has 0 amide bonds. The molecule has 2 heterocycles. The third-order valence-electron chi connectivity index (χ3n) is 8.72. The third-order valence-corrected chi connectivity index (χ3v) is 10.2. The maximum atomic E-state index is 15.5. The van der Waals surface area contributed by atoms with E-state index in [2.05, 4.69) is 36.3 Å². The molecule has 0 spiro atoms. The number of nitriles is 1. The van der Waals surface area contributed by atoms with E-state index in [4.69, 9.17) is 14.9 Å². The minimum Gasteiger partial charge on any atom is -0.466 e. The maximum absolute atomic E-state index is 15.5. The number of aromatic amines is 1. The number of nitrogens with zero attached hydrogens (tertiary/aromatic N) is 1. The van der Waals surface area contributed by atoms with Gasteiger partial charge in [0.1, 0.15) is 17.6 Å².